The van der Waals surface area contributed by atoms with E-state index in [9.17, 15) is 9.90 Å². The molecule has 1 amide bonds. The Balaban J connectivity index is 1.37. The number of nitrogens with one attached hydrogen (secondary N) is 1. The van der Waals surface area contributed by atoms with Crippen LogP contribution in [0.2, 0.25) is 0 Å². The van der Waals surface area contributed by atoms with Crippen molar-refractivity contribution in [3.63, 3.8) is 0 Å². The molecule has 0 bridgehead atoms. The van der Waals surface area contributed by atoms with Crippen molar-refractivity contribution in [2.45, 2.75) is 44.6 Å². The summed E-state index contributed by atoms with van der Waals surface area (Å²) in [6, 6.07) is 4.13. The SMILES string of the molecule is CCN1CCN(c2ccc(Nc3ncc4sc(C(=O)N(C)C)c(C5CCCC5)c4n3)nc2)C[C@@H]1CO. The molecule has 0 spiro atoms. The highest BCUT2D eigenvalue weighted by Gasteiger charge is 2.29. The Morgan fingerprint density at radius 2 is 2.00 bits per heavy atom. The van der Waals surface area contributed by atoms with Crippen molar-refractivity contribution in [3.05, 3.63) is 35.0 Å². The molecule has 9 nitrogen and oxygen atoms in total. The van der Waals surface area contributed by atoms with Crippen LogP contribution in [0.15, 0.2) is 24.5 Å². The van der Waals surface area contributed by atoms with Crippen LogP contribution in [-0.4, -0.2) is 88.7 Å². The van der Waals surface area contributed by atoms with Crippen LogP contribution in [0.25, 0.3) is 10.2 Å². The van der Waals surface area contributed by atoms with Crippen molar-refractivity contribution in [2.75, 3.05) is 57.1 Å². The van der Waals surface area contributed by atoms with Crippen molar-refractivity contribution >= 4 is 44.9 Å². The summed E-state index contributed by atoms with van der Waals surface area (Å²) < 4.78 is 0.945. The minimum absolute atomic E-state index is 0.0369. The third-order valence-electron chi connectivity index (χ3n) is 7.41. The van der Waals surface area contributed by atoms with Crippen LogP contribution in [0.4, 0.5) is 17.5 Å². The Morgan fingerprint density at radius 3 is 2.67 bits per heavy atom. The molecule has 3 aromatic heterocycles. The molecule has 0 radical (unpaired) electrons. The van der Waals surface area contributed by atoms with Gasteiger partial charge in [-0.3, -0.25) is 9.69 Å². The molecule has 3 aromatic rings. The first-order valence-electron chi connectivity index (χ1n) is 12.8. The third kappa shape index (κ3) is 4.89. The second kappa shape index (κ2) is 10.7. The number of likely N-dealkylation sites (N-methyl/N-ethyl adjacent to an activating group) is 1. The number of hydrogen-bond donors (Lipinski definition) is 2. The molecule has 1 saturated heterocycles. The van der Waals surface area contributed by atoms with E-state index in [2.05, 4.69) is 32.0 Å². The summed E-state index contributed by atoms with van der Waals surface area (Å²) in [5.41, 5.74) is 3.01. The van der Waals surface area contributed by atoms with Gasteiger partial charge in [0.05, 0.1) is 45.8 Å². The van der Waals surface area contributed by atoms with Gasteiger partial charge in [-0.05, 0) is 37.4 Å². The van der Waals surface area contributed by atoms with E-state index in [0.29, 0.717) is 17.7 Å². The number of anilines is 3. The number of aliphatic hydroxyl groups is 1. The smallest absolute Gasteiger partial charge is 0.263 e. The largest absolute Gasteiger partial charge is 0.395 e. The maximum absolute atomic E-state index is 12.9. The monoisotopic (exact) mass is 509 g/mol. The minimum Gasteiger partial charge on any atom is -0.395 e. The van der Waals surface area contributed by atoms with Gasteiger partial charge in [0.25, 0.3) is 5.91 Å². The van der Waals surface area contributed by atoms with Crippen LogP contribution in [0, 0.1) is 0 Å². The number of fused-ring (bicyclic) bond motifs is 1. The number of rotatable bonds is 7. The molecule has 0 aromatic carbocycles. The number of thiophene rings is 1. The van der Waals surface area contributed by atoms with Gasteiger partial charge < -0.3 is 20.2 Å². The van der Waals surface area contributed by atoms with Gasteiger partial charge in [0.1, 0.15) is 5.82 Å². The molecule has 2 N–H and O–H groups in total. The van der Waals surface area contributed by atoms with E-state index in [4.69, 9.17) is 4.98 Å². The zero-order valence-corrected chi connectivity index (χ0v) is 22.1. The molecule has 2 fully saturated rings. The highest BCUT2D eigenvalue weighted by molar-refractivity contribution is 7.21. The molecule has 10 heteroatoms. The van der Waals surface area contributed by atoms with E-state index in [1.54, 1.807) is 19.0 Å². The molecule has 0 unspecified atom stereocenters. The van der Waals surface area contributed by atoms with Crippen molar-refractivity contribution in [1.29, 1.82) is 0 Å². The van der Waals surface area contributed by atoms with Gasteiger partial charge in [0.2, 0.25) is 5.95 Å². The van der Waals surface area contributed by atoms with Gasteiger partial charge in [0, 0.05) is 39.3 Å². The third-order valence-corrected chi connectivity index (χ3v) is 8.52. The minimum atomic E-state index is 0.0369. The van der Waals surface area contributed by atoms with E-state index in [-0.39, 0.29) is 18.6 Å². The maximum Gasteiger partial charge on any atom is 0.263 e. The summed E-state index contributed by atoms with van der Waals surface area (Å²) >= 11 is 1.50. The van der Waals surface area contributed by atoms with Crippen molar-refractivity contribution in [1.82, 2.24) is 24.8 Å². The zero-order valence-electron chi connectivity index (χ0n) is 21.3. The van der Waals surface area contributed by atoms with Crippen molar-refractivity contribution in [3.8, 4) is 0 Å². The number of carbonyl (C=O) groups is 1. The van der Waals surface area contributed by atoms with E-state index >= 15 is 0 Å². The second-order valence-electron chi connectivity index (χ2n) is 9.87. The Kier molecular flexibility index (Phi) is 7.36. The Labute approximate surface area is 216 Å². The fraction of sp³-hybridized carbons (Fsp3) is 0.538. The summed E-state index contributed by atoms with van der Waals surface area (Å²) in [4.78, 5) is 34.0. The number of nitrogens with zero attached hydrogens (tertiary/aromatic N) is 6. The summed E-state index contributed by atoms with van der Waals surface area (Å²) in [6.45, 7) is 5.86. The van der Waals surface area contributed by atoms with E-state index in [1.165, 1.54) is 24.2 Å². The Morgan fingerprint density at radius 1 is 1.19 bits per heavy atom. The molecule has 4 heterocycles. The average molecular weight is 510 g/mol. The molecule has 2 aliphatic rings. The van der Waals surface area contributed by atoms with Crippen LogP contribution < -0.4 is 10.2 Å². The molecule has 36 heavy (non-hydrogen) atoms. The molecule has 192 valence electrons. The lowest BCUT2D eigenvalue weighted by Gasteiger charge is -2.41. The zero-order chi connectivity index (χ0) is 25.2. The summed E-state index contributed by atoms with van der Waals surface area (Å²) in [7, 11) is 3.60. The van der Waals surface area contributed by atoms with Crippen LogP contribution in [0.3, 0.4) is 0 Å². The molecule has 1 aliphatic carbocycles. The quantitative estimate of drug-likeness (QED) is 0.498. The summed E-state index contributed by atoms with van der Waals surface area (Å²) in [5.74, 6) is 1.57. The number of pyridine rings is 1. The fourth-order valence-corrected chi connectivity index (χ4v) is 6.63. The lowest BCUT2D eigenvalue weighted by Crippen LogP contribution is -2.54. The normalized spacial score (nSPS) is 19.2. The van der Waals surface area contributed by atoms with E-state index in [0.717, 1.165) is 65.4 Å². The van der Waals surface area contributed by atoms with Gasteiger partial charge in [-0.25, -0.2) is 15.0 Å². The Bertz CT molecular complexity index is 1210. The lowest BCUT2D eigenvalue weighted by atomic mass is 9.96. The Hall–Kier alpha value is -2.82. The van der Waals surface area contributed by atoms with Gasteiger partial charge >= 0.3 is 0 Å². The van der Waals surface area contributed by atoms with Crippen LogP contribution in [0.1, 0.15) is 53.8 Å². The van der Waals surface area contributed by atoms with Crippen LogP contribution in [-0.2, 0) is 0 Å². The standard InChI is InChI=1S/C26H35N7O2S/c1-4-32-11-12-33(15-19(32)16-34)18-9-10-21(27-13-18)29-26-28-14-20-23(30-26)22(17-7-5-6-8-17)24(36-20)25(35)31(2)3/h9-10,13-14,17,19,34H,4-8,11-12,15-16H2,1-3H3,(H,27,28,29,30)/t19-/m1/s1. The maximum atomic E-state index is 12.9. The number of hydrogen-bond acceptors (Lipinski definition) is 9. The lowest BCUT2D eigenvalue weighted by molar-refractivity contribution is 0.0831. The van der Waals surface area contributed by atoms with Gasteiger partial charge in [-0.15, -0.1) is 11.3 Å². The molecule has 1 saturated carbocycles. The fourth-order valence-electron chi connectivity index (χ4n) is 5.40. The molecular weight excluding hydrogens is 474 g/mol. The molecule has 1 atom stereocenters. The first kappa shape index (κ1) is 24.9. The van der Waals surface area contributed by atoms with Gasteiger partial charge in [0.15, 0.2) is 0 Å². The molecular formula is C26H35N7O2S. The predicted octanol–water partition coefficient (Wildman–Crippen LogP) is 3.69. The van der Waals surface area contributed by atoms with Crippen LogP contribution in [0.5, 0.6) is 0 Å². The van der Waals surface area contributed by atoms with E-state index in [1.807, 2.05) is 24.5 Å². The van der Waals surface area contributed by atoms with E-state index < -0.39 is 0 Å². The van der Waals surface area contributed by atoms with Crippen molar-refractivity contribution in [2.24, 2.45) is 0 Å². The van der Waals surface area contributed by atoms with Gasteiger partial charge in [-0.2, -0.15) is 0 Å². The molecule has 5 rings (SSSR count). The summed E-state index contributed by atoms with van der Waals surface area (Å²) in [5, 5.41) is 13.0. The number of aromatic nitrogens is 3. The highest BCUT2D eigenvalue weighted by atomic mass is 32.1. The molecule has 1 aliphatic heterocycles. The first-order chi connectivity index (χ1) is 17.5. The topological polar surface area (TPSA) is 97.7 Å². The number of aliphatic hydroxyl groups excluding tert-OH is 1. The average Bonchev–Trinajstić information content (AvgIpc) is 3.56. The number of amides is 1. The first-order valence-corrected chi connectivity index (χ1v) is 13.6. The number of piperazine rings is 1. The number of carbonyl (C=O) groups excluding carboxylic acids is 1. The van der Waals surface area contributed by atoms with Crippen LogP contribution >= 0.6 is 11.3 Å². The predicted molar refractivity (Wildman–Crippen MR) is 144 cm³/mol. The second-order valence-corrected chi connectivity index (χ2v) is 10.9. The van der Waals surface area contributed by atoms with Gasteiger partial charge in [-0.1, -0.05) is 19.8 Å². The summed E-state index contributed by atoms with van der Waals surface area (Å²) in [6.07, 6.45) is 8.25. The highest BCUT2D eigenvalue weighted by Crippen LogP contribution is 2.43. The van der Waals surface area contributed by atoms with Crippen molar-refractivity contribution < 1.29 is 9.90 Å².